The lowest BCUT2D eigenvalue weighted by Gasteiger charge is -2.34. The SMILES string of the molecule is C=C(c1ccc(Cl)cc1)N(Cc1ccc(OCCn2c(=O)ccn(C)c2=O)c(C)c1)CC1CCC(C(=O)O)CC1. The molecule has 1 N–H and O–H groups in total. The predicted octanol–water partition coefficient (Wildman–Crippen LogP) is 4.95. The Kier molecular flexibility index (Phi) is 9.53. The molecule has 9 heteroatoms. The smallest absolute Gasteiger partial charge is 0.330 e. The van der Waals surface area contributed by atoms with Gasteiger partial charge in [-0.25, -0.2) is 4.79 Å². The average molecular weight is 566 g/mol. The molecule has 1 aliphatic carbocycles. The van der Waals surface area contributed by atoms with E-state index < -0.39 is 5.97 Å². The van der Waals surface area contributed by atoms with Gasteiger partial charge in [0.1, 0.15) is 12.4 Å². The number of aryl methyl sites for hydroxylation is 2. The summed E-state index contributed by atoms with van der Waals surface area (Å²) in [5, 5.41) is 10.0. The van der Waals surface area contributed by atoms with Gasteiger partial charge in [-0.15, -0.1) is 0 Å². The van der Waals surface area contributed by atoms with Crippen molar-refractivity contribution < 1.29 is 14.6 Å². The summed E-state index contributed by atoms with van der Waals surface area (Å²) in [5.74, 6) is 0.136. The quantitative estimate of drug-likeness (QED) is 0.353. The maximum Gasteiger partial charge on any atom is 0.330 e. The van der Waals surface area contributed by atoms with Crippen LogP contribution in [0.1, 0.15) is 42.4 Å². The summed E-state index contributed by atoms with van der Waals surface area (Å²) in [4.78, 5) is 38.0. The van der Waals surface area contributed by atoms with E-state index in [1.807, 2.05) is 43.3 Å². The van der Waals surface area contributed by atoms with E-state index in [-0.39, 0.29) is 30.3 Å². The molecule has 8 nitrogen and oxygen atoms in total. The Hall–Kier alpha value is -3.78. The highest BCUT2D eigenvalue weighted by molar-refractivity contribution is 6.30. The normalized spacial score (nSPS) is 16.9. The van der Waals surface area contributed by atoms with E-state index in [9.17, 15) is 19.5 Å². The summed E-state index contributed by atoms with van der Waals surface area (Å²) >= 11 is 6.11. The number of ether oxygens (including phenoxy) is 1. The summed E-state index contributed by atoms with van der Waals surface area (Å²) in [7, 11) is 1.61. The van der Waals surface area contributed by atoms with Gasteiger partial charge in [-0.05, 0) is 73.4 Å². The van der Waals surface area contributed by atoms with Gasteiger partial charge in [-0.2, -0.15) is 0 Å². The molecule has 0 aliphatic heterocycles. The largest absolute Gasteiger partial charge is 0.491 e. The van der Waals surface area contributed by atoms with Crippen molar-refractivity contribution in [3.63, 3.8) is 0 Å². The van der Waals surface area contributed by atoms with Crippen molar-refractivity contribution in [2.75, 3.05) is 13.2 Å². The molecule has 40 heavy (non-hydrogen) atoms. The van der Waals surface area contributed by atoms with Gasteiger partial charge < -0.3 is 19.3 Å². The van der Waals surface area contributed by atoms with Gasteiger partial charge in [0.2, 0.25) is 0 Å². The maximum atomic E-state index is 12.2. The maximum absolute atomic E-state index is 12.2. The van der Waals surface area contributed by atoms with Crippen LogP contribution in [-0.2, 0) is 24.9 Å². The second-order valence-electron chi connectivity index (χ2n) is 10.5. The molecule has 1 aromatic heterocycles. The zero-order valence-electron chi connectivity index (χ0n) is 23.0. The van der Waals surface area contributed by atoms with Crippen molar-refractivity contribution in [3.05, 3.63) is 104 Å². The molecular formula is C31H36ClN3O5. The Bertz CT molecular complexity index is 1470. The molecule has 0 unspecified atom stereocenters. The van der Waals surface area contributed by atoms with E-state index in [1.165, 1.54) is 16.8 Å². The Morgan fingerprint density at radius 2 is 1.80 bits per heavy atom. The highest BCUT2D eigenvalue weighted by Gasteiger charge is 2.27. The van der Waals surface area contributed by atoms with Gasteiger partial charge in [-0.1, -0.05) is 42.4 Å². The monoisotopic (exact) mass is 565 g/mol. The molecule has 3 aromatic rings. The van der Waals surface area contributed by atoms with E-state index in [0.717, 1.165) is 46.3 Å². The zero-order valence-corrected chi connectivity index (χ0v) is 23.8. The standard InChI is InChI=1S/C31H36ClN3O5/c1-21-18-24(6-13-28(21)40-17-16-35-29(36)14-15-33(3)31(35)39)20-34(22(2)25-9-11-27(32)12-10-25)19-23-4-7-26(8-5-23)30(37)38/h6,9-15,18,23,26H,2,4-5,7-8,16-17,19-20H2,1,3H3,(H,37,38). The van der Waals surface area contributed by atoms with Crippen LogP contribution in [0.2, 0.25) is 5.02 Å². The van der Waals surface area contributed by atoms with Crippen molar-refractivity contribution in [3.8, 4) is 5.75 Å². The lowest BCUT2D eigenvalue weighted by molar-refractivity contribution is -0.143. The summed E-state index contributed by atoms with van der Waals surface area (Å²) < 4.78 is 8.45. The Labute approximate surface area is 239 Å². The van der Waals surface area contributed by atoms with Crippen LogP contribution in [0.25, 0.3) is 5.70 Å². The van der Waals surface area contributed by atoms with Crippen molar-refractivity contribution in [2.24, 2.45) is 18.9 Å². The number of aromatic nitrogens is 2. The summed E-state index contributed by atoms with van der Waals surface area (Å²) in [6.07, 6.45) is 4.61. The first kappa shape index (κ1) is 29.2. The minimum atomic E-state index is -0.697. The third-order valence-electron chi connectivity index (χ3n) is 7.66. The van der Waals surface area contributed by atoms with Crippen molar-refractivity contribution in [1.82, 2.24) is 14.0 Å². The highest BCUT2D eigenvalue weighted by Crippen LogP contribution is 2.32. The number of carbonyl (C=O) groups is 1. The summed E-state index contributed by atoms with van der Waals surface area (Å²) in [6, 6.07) is 15.0. The minimum absolute atomic E-state index is 0.159. The predicted molar refractivity (Wildman–Crippen MR) is 157 cm³/mol. The van der Waals surface area contributed by atoms with Gasteiger partial charge in [0.25, 0.3) is 5.56 Å². The molecule has 1 heterocycles. The van der Waals surface area contributed by atoms with Crippen LogP contribution in [0.4, 0.5) is 0 Å². The van der Waals surface area contributed by atoms with Crippen LogP contribution >= 0.6 is 11.6 Å². The summed E-state index contributed by atoms with van der Waals surface area (Å²) in [5.41, 5.74) is 3.20. The average Bonchev–Trinajstić information content (AvgIpc) is 2.93. The molecule has 2 aromatic carbocycles. The van der Waals surface area contributed by atoms with Crippen molar-refractivity contribution in [1.29, 1.82) is 0 Å². The van der Waals surface area contributed by atoms with Crippen molar-refractivity contribution in [2.45, 2.75) is 45.7 Å². The first-order valence-electron chi connectivity index (χ1n) is 13.5. The van der Waals surface area contributed by atoms with E-state index in [4.69, 9.17) is 16.3 Å². The fourth-order valence-corrected chi connectivity index (χ4v) is 5.38. The number of carboxylic acids is 1. The molecule has 212 valence electrons. The first-order valence-corrected chi connectivity index (χ1v) is 13.9. The third-order valence-corrected chi connectivity index (χ3v) is 7.91. The van der Waals surface area contributed by atoms with Gasteiger partial charge in [-0.3, -0.25) is 14.2 Å². The van der Waals surface area contributed by atoms with E-state index in [1.54, 1.807) is 7.05 Å². The molecule has 1 fully saturated rings. The number of hydrogen-bond donors (Lipinski definition) is 1. The van der Waals surface area contributed by atoms with Crippen LogP contribution in [-0.4, -0.2) is 38.3 Å². The number of halogens is 1. The van der Waals surface area contributed by atoms with Crippen LogP contribution < -0.4 is 16.0 Å². The number of carboxylic acid groups (broad SMARTS) is 1. The third kappa shape index (κ3) is 7.24. The number of rotatable bonds is 11. The number of benzene rings is 2. The minimum Gasteiger partial charge on any atom is -0.491 e. The van der Waals surface area contributed by atoms with E-state index in [0.29, 0.717) is 36.1 Å². The molecule has 0 saturated heterocycles. The lowest BCUT2D eigenvalue weighted by atomic mass is 9.81. The number of nitrogens with zero attached hydrogens (tertiary/aromatic N) is 3. The molecule has 0 amide bonds. The zero-order chi connectivity index (χ0) is 28.8. The highest BCUT2D eigenvalue weighted by atomic mass is 35.5. The molecule has 0 bridgehead atoms. The molecule has 1 aliphatic rings. The van der Waals surface area contributed by atoms with Crippen LogP contribution in [0.5, 0.6) is 5.75 Å². The molecule has 1 saturated carbocycles. The van der Waals surface area contributed by atoms with Crippen LogP contribution in [0.3, 0.4) is 0 Å². The lowest BCUT2D eigenvalue weighted by Crippen LogP contribution is -2.39. The van der Waals surface area contributed by atoms with Gasteiger partial charge in [0.05, 0.1) is 12.5 Å². The molecule has 0 atom stereocenters. The number of aliphatic carboxylic acids is 1. The van der Waals surface area contributed by atoms with Crippen molar-refractivity contribution >= 4 is 23.3 Å². The Morgan fingerprint density at radius 3 is 2.45 bits per heavy atom. The topological polar surface area (TPSA) is 93.8 Å². The number of hydrogen-bond acceptors (Lipinski definition) is 5. The van der Waals surface area contributed by atoms with Gasteiger partial charge in [0, 0.05) is 43.1 Å². The molecule has 4 rings (SSSR count). The Morgan fingerprint density at radius 1 is 1.10 bits per heavy atom. The van der Waals surface area contributed by atoms with E-state index in [2.05, 4.69) is 17.5 Å². The second-order valence-corrected chi connectivity index (χ2v) is 11.0. The Balaban J connectivity index is 1.45. The van der Waals surface area contributed by atoms with Gasteiger partial charge >= 0.3 is 11.7 Å². The van der Waals surface area contributed by atoms with Crippen LogP contribution in [0, 0.1) is 18.8 Å². The van der Waals surface area contributed by atoms with E-state index >= 15 is 0 Å². The van der Waals surface area contributed by atoms with Gasteiger partial charge in [0.15, 0.2) is 0 Å². The fourth-order valence-electron chi connectivity index (χ4n) is 5.26. The molecular weight excluding hydrogens is 530 g/mol. The second kappa shape index (κ2) is 13.0. The first-order chi connectivity index (χ1) is 19.1. The molecule has 0 spiro atoms. The summed E-state index contributed by atoms with van der Waals surface area (Å²) in [6.45, 7) is 8.14. The van der Waals surface area contributed by atoms with Crippen LogP contribution in [0.15, 0.2) is 70.9 Å². The molecule has 0 radical (unpaired) electrons. The fraction of sp³-hybridized carbons (Fsp3) is 0.387.